The van der Waals surface area contributed by atoms with Crippen LogP contribution in [0.1, 0.15) is 24.3 Å². The molecule has 0 aliphatic heterocycles. The second-order valence-electron chi connectivity index (χ2n) is 8.17. The molecule has 0 N–H and O–H groups in total. The van der Waals surface area contributed by atoms with Crippen molar-refractivity contribution >= 4 is 22.0 Å². The van der Waals surface area contributed by atoms with Crippen LogP contribution >= 0.6 is 0 Å². The van der Waals surface area contributed by atoms with Gasteiger partial charge in [0, 0.05) is 16.6 Å². The van der Waals surface area contributed by atoms with Crippen molar-refractivity contribution in [3.8, 4) is 22.7 Å². The largest absolute Gasteiger partial charge is 0.464 e. The zero-order valence-corrected chi connectivity index (χ0v) is 17.4. The average molecular weight is 444 g/mol. The second kappa shape index (κ2) is 7.55. The maximum atomic E-state index is 13.7. The lowest BCUT2D eigenvalue weighted by Crippen LogP contribution is -2.22. The molecule has 2 heterocycles. The molecule has 0 atom stereocenters. The molecule has 3 aromatic carbocycles. The van der Waals surface area contributed by atoms with Gasteiger partial charge in [0.15, 0.2) is 0 Å². The molecule has 5 aromatic rings. The van der Waals surface area contributed by atoms with E-state index in [2.05, 4.69) is 10.8 Å². The minimum Gasteiger partial charge on any atom is -0.464 e. The Morgan fingerprint density at radius 2 is 1.82 bits per heavy atom. The van der Waals surface area contributed by atoms with Gasteiger partial charge in [0.05, 0.1) is 17.3 Å². The Kier molecular flexibility index (Phi) is 4.50. The molecule has 0 amide bonds. The molecule has 1 saturated carbocycles. The maximum Gasteiger partial charge on any atom is 0.387 e. The van der Waals surface area contributed by atoms with E-state index in [0.717, 1.165) is 23.8 Å². The number of alkyl halides is 2. The molecule has 7 heteroatoms. The Hall–Kier alpha value is -4.00. The van der Waals surface area contributed by atoms with Crippen LogP contribution in [-0.2, 0) is 0 Å². The summed E-state index contributed by atoms with van der Waals surface area (Å²) in [7, 11) is 0. The van der Waals surface area contributed by atoms with Gasteiger partial charge >= 0.3 is 6.61 Å². The van der Waals surface area contributed by atoms with Crippen LogP contribution < -0.4 is 10.3 Å². The minimum absolute atomic E-state index is 0.0319. The molecule has 0 saturated heterocycles. The SMILES string of the molecule is O=c1c(-c2ccc3occc3c2)nc2ccc(C3CC3)cc2n1-c1ccc(OC(F)F)cc1. The topological polar surface area (TPSA) is 57.3 Å². The van der Waals surface area contributed by atoms with Gasteiger partial charge in [0.1, 0.15) is 17.0 Å². The maximum absolute atomic E-state index is 13.7. The van der Waals surface area contributed by atoms with Crippen LogP contribution in [0.2, 0.25) is 0 Å². The molecule has 1 aliphatic carbocycles. The number of benzene rings is 3. The fourth-order valence-corrected chi connectivity index (χ4v) is 4.20. The van der Waals surface area contributed by atoms with Crippen LogP contribution in [0, 0.1) is 0 Å². The standard InChI is InChI=1S/C26H18F2N2O3/c27-26(28)33-20-7-5-19(6-8-20)30-22-14-16(15-1-2-15)3-9-21(22)29-24(25(30)31)18-4-10-23-17(13-18)11-12-32-23/h3-15,26H,1-2H2. The number of aromatic nitrogens is 2. The van der Waals surface area contributed by atoms with E-state index in [4.69, 9.17) is 9.40 Å². The van der Waals surface area contributed by atoms with Crippen molar-refractivity contribution in [2.45, 2.75) is 25.4 Å². The monoisotopic (exact) mass is 444 g/mol. The van der Waals surface area contributed by atoms with Gasteiger partial charge in [0.25, 0.3) is 5.56 Å². The van der Waals surface area contributed by atoms with Crippen molar-refractivity contribution < 1.29 is 17.9 Å². The molecule has 0 radical (unpaired) electrons. The summed E-state index contributed by atoms with van der Waals surface area (Å²) >= 11 is 0. The third-order valence-electron chi connectivity index (χ3n) is 5.97. The predicted molar refractivity (Wildman–Crippen MR) is 121 cm³/mol. The number of rotatable bonds is 5. The Labute approximate surface area is 186 Å². The van der Waals surface area contributed by atoms with Crippen molar-refractivity contribution in [3.63, 3.8) is 0 Å². The molecule has 1 aliphatic rings. The van der Waals surface area contributed by atoms with Crippen molar-refractivity contribution in [3.05, 3.63) is 88.9 Å². The molecular formula is C26H18F2N2O3. The van der Waals surface area contributed by atoms with Crippen molar-refractivity contribution in [2.75, 3.05) is 0 Å². The van der Waals surface area contributed by atoms with Crippen molar-refractivity contribution in [1.29, 1.82) is 0 Å². The zero-order valence-electron chi connectivity index (χ0n) is 17.4. The predicted octanol–water partition coefficient (Wildman–Crippen LogP) is 6.28. The van der Waals surface area contributed by atoms with Gasteiger partial charge < -0.3 is 9.15 Å². The fourth-order valence-electron chi connectivity index (χ4n) is 4.20. The van der Waals surface area contributed by atoms with E-state index in [0.29, 0.717) is 33.9 Å². The van der Waals surface area contributed by atoms with E-state index >= 15 is 0 Å². The third-order valence-corrected chi connectivity index (χ3v) is 5.97. The first kappa shape index (κ1) is 19.7. The quantitative estimate of drug-likeness (QED) is 0.320. The lowest BCUT2D eigenvalue weighted by Gasteiger charge is -2.14. The van der Waals surface area contributed by atoms with Crippen LogP contribution in [-0.4, -0.2) is 16.2 Å². The lowest BCUT2D eigenvalue weighted by atomic mass is 10.1. The molecule has 5 nitrogen and oxygen atoms in total. The van der Waals surface area contributed by atoms with Gasteiger partial charge in [-0.05, 0) is 85.0 Å². The number of halogens is 2. The normalized spacial score (nSPS) is 13.8. The summed E-state index contributed by atoms with van der Waals surface area (Å²) in [5.41, 5.74) is 4.49. The van der Waals surface area contributed by atoms with Gasteiger partial charge in [-0.25, -0.2) is 4.98 Å². The van der Waals surface area contributed by atoms with Gasteiger partial charge in [-0.2, -0.15) is 8.78 Å². The molecule has 1 fully saturated rings. The first-order valence-electron chi connectivity index (χ1n) is 10.7. The lowest BCUT2D eigenvalue weighted by molar-refractivity contribution is -0.0498. The number of fused-ring (bicyclic) bond motifs is 2. The number of hydrogen-bond acceptors (Lipinski definition) is 4. The van der Waals surface area contributed by atoms with Crippen LogP contribution in [0.5, 0.6) is 5.75 Å². The Morgan fingerprint density at radius 3 is 2.58 bits per heavy atom. The molecule has 0 unspecified atom stereocenters. The van der Waals surface area contributed by atoms with E-state index < -0.39 is 6.61 Å². The number of furan rings is 1. The first-order valence-corrected chi connectivity index (χ1v) is 10.7. The highest BCUT2D eigenvalue weighted by atomic mass is 19.3. The minimum atomic E-state index is -2.91. The summed E-state index contributed by atoms with van der Waals surface area (Å²) in [6, 6.07) is 19.4. The Bertz CT molecular complexity index is 1550. The van der Waals surface area contributed by atoms with Crippen LogP contribution in [0.3, 0.4) is 0 Å². The smallest absolute Gasteiger partial charge is 0.387 e. The van der Waals surface area contributed by atoms with Gasteiger partial charge in [-0.15, -0.1) is 0 Å². The zero-order chi connectivity index (χ0) is 22.5. The molecular weight excluding hydrogens is 426 g/mol. The van der Waals surface area contributed by atoms with E-state index in [1.807, 2.05) is 36.4 Å². The Balaban J connectivity index is 1.58. The van der Waals surface area contributed by atoms with Gasteiger partial charge in [-0.1, -0.05) is 6.07 Å². The van der Waals surface area contributed by atoms with Crippen molar-refractivity contribution in [1.82, 2.24) is 9.55 Å². The number of ether oxygens (including phenoxy) is 1. The number of nitrogens with zero attached hydrogens (tertiary/aromatic N) is 2. The van der Waals surface area contributed by atoms with E-state index in [-0.39, 0.29) is 11.3 Å². The van der Waals surface area contributed by atoms with Crippen LogP contribution in [0.15, 0.2) is 82.2 Å². The summed E-state index contributed by atoms with van der Waals surface area (Å²) in [6.07, 6.45) is 3.86. The summed E-state index contributed by atoms with van der Waals surface area (Å²) in [5.74, 6) is 0.535. The van der Waals surface area contributed by atoms with Crippen LogP contribution in [0.25, 0.3) is 38.9 Å². The summed E-state index contributed by atoms with van der Waals surface area (Å²) in [4.78, 5) is 18.5. The van der Waals surface area contributed by atoms with E-state index in [1.165, 1.54) is 17.7 Å². The first-order chi connectivity index (χ1) is 16.1. The third kappa shape index (κ3) is 3.55. The highest BCUT2D eigenvalue weighted by Crippen LogP contribution is 2.41. The fraction of sp³-hybridized carbons (Fsp3) is 0.154. The summed E-state index contributed by atoms with van der Waals surface area (Å²) < 4.78 is 36.6. The average Bonchev–Trinajstić information content (AvgIpc) is 3.56. The molecule has 33 heavy (non-hydrogen) atoms. The highest BCUT2D eigenvalue weighted by Gasteiger charge is 2.25. The van der Waals surface area contributed by atoms with Gasteiger partial charge in [0.2, 0.25) is 0 Å². The van der Waals surface area contributed by atoms with Crippen molar-refractivity contribution in [2.24, 2.45) is 0 Å². The summed E-state index contributed by atoms with van der Waals surface area (Å²) in [6.45, 7) is -2.91. The Morgan fingerprint density at radius 1 is 1.00 bits per heavy atom. The summed E-state index contributed by atoms with van der Waals surface area (Å²) in [5, 5.41) is 0.873. The van der Waals surface area contributed by atoms with Gasteiger partial charge in [-0.3, -0.25) is 9.36 Å². The van der Waals surface area contributed by atoms with Crippen LogP contribution in [0.4, 0.5) is 8.78 Å². The van der Waals surface area contributed by atoms with E-state index in [1.54, 1.807) is 23.0 Å². The number of hydrogen-bond donors (Lipinski definition) is 0. The molecule has 2 aromatic heterocycles. The molecule has 0 bridgehead atoms. The molecule has 164 valence electrons. The second-order valence-corrected chi connectivity index (χ2v) is 8.17. The van der Waals surface area contributed by atoms with E-state index in [9.17, 15) is 13.6 Å². The molecule has 6 rings (SSSR count). The molecule has 0 spiro atoms. The highest BCUT2D eigenvalue weighted by molar-refractivity contribution is 5.85.